The van der Waals surface area contributed by atoms with Crippen molar-refractivity contribution in [3.05, 3.63) is 60.3 Å². The van der Waals surface area contributed by atoms with Crippen LogP contribution in [0.25, 0.3) is 0 Å². The van der Waals surface area contributed by atoms with Crippen LogP contribution in [0.5, 0.6) is 0 Å². The molecule has 0 aliphatic carbocycles. The molecule has 30 heavy (non-hydrogen) atoms. The number of aliphatic hydroxyl groups is 1. The summed E-state index contributed by atoms with van der Waals surface area (Å²) in [7, 11) is 0. The van der Waals surface area contributed by atoms with Crippen molar-refractivity contribution in [3.63, 3.8) is 0 Å². The van der Waals surface area contributed by atoms with E-state index in [0.29, 0.717) is 19.5 Å². The van der Waals surface area contributed by atoms with Crippen molar-refractivity contribution in [1.29, 1.82) is 0 Å². The highest BCUT2D eigenvalue weighted by Crippen LogP contribution is 2.25. The van der Waals surface area contributed by atoms with Gasteiger partial charge in [0, 0.05) is 52.0 Å². The summed E-state index contributed by atoms with van der Waals surface area (Å²) in [4.78, 5) is 23.9. The van der Waals surface area contributed by atoms with E-state index < -0.39 is 5.60 Å². The van der Waals surface area contributed by atoms with Crippen LogP contribution in [0, 0.1) is 0 Å². The Kier molecular flexibility index (Phi) is 6.65. The molecular formula is C24H32N4O2. The van der Waals surface area contributed by atoms with E-state index in [1.807, 2.05) is 47.5 Å². The fourth-order valence-corrected chi connectivity index (χ4v) is 4.59. The lowest BCUT2D eigenvalue weighted by Gasteiger charge is -2.43. The molecule has 2 aromatic rings. The van der Waals surface area contributed by atoms with Gasteiger partial charge in [0.25, 0.3) is 5.91 Å². The van der Waals surface area contributed by atoms with Crippen molar-refractivity contribution in [1.82, 2.24) is 14.8 Å². The molecule has 0 radical (unpaired) electrons. The molecule has 1 unspecified atom stereocenters. The molecule has 2 fully saturated rings. The SMILES string of the molecule is O=C1N(CCCc2ccccc2)CCCC1(O)CN1CCN(c2ccccn2)CC1. The van der Waals surface area contributed by atoms with Gasteiger partial charge in [-0.05, 0) is 43.4 Å². The van der Waals surface area contributed by atoms with Crippen LogP contribution in [0.15, 0.2) is 54.7 Å². The molecule has 2 aliphatic heterocycles. The largest absolute Gasteiger partial charge is 0.379 e. The lowest BCUT2D eigenvalue weighted by molar-refractivity contribution is -0.159. The van der Waals surface area contributed by atoms with Crippen molar-refractivity contribution in [3.8, 4) is 0 Å². The third-order valence-electron chi connectivity index (χ3n) is 6.27. The van der Waals surface area contributed by atoms with Crippen molar-refractivity contribution in [2.75, 3.05) is 50.7 Å². The summed E-state index contributed by atoms with van der Waals surface area (Å²) in [5, 5.41) is 11.2. The van der Waals surface area contributed by atoms with Crippen LogP contribution in [0.3, 0.4) is 0 Å². The minimum absolute atomic E-state index is 0.0889. The van der Waals surface area contributed by atoms with E-state index in [1.165, 1.54) is 5.56 Å². The Balaban J connectivity index is 1.27. The fourth-order valence-electron chi connectivity index (χ4n) is 4.59. The summed E-state index contributed by atoms with van der Waals surface area (Å²) in [5.41, 5.74) is 0.0426. The number of carbonyl (C=O) groups excluding carboxylic acids is 1. The molecule has 3 heterocycles. The van der Waals surface area contributed by atoms with Gasteiger partial charge in [-0.15, -0.1) is 0 Å². The Labute approximate surface area is 179 Å². The number of hydrogen-bond donors (Lipinski definition) is 1. The normalized spacial score (nSPS) is 23.0. The van der Waals surface area contributed by atoms with Crippen LogP contribution in [0.1, 0.15) is 24.8 Å². The second-order valence-electron chi connectivity index (χ2n) is 8.47. The average molecular weight is 409 g/mol. The van der Waals surface area contributed by atoms with Crippen molar-refractivity contribution in [2.24, 2.45) is 0 Å². The number of carbonyl (C=O) groups is 1. The van der Waals surface area contributed by atoms with Crippen molar-refractivity contribution >= 4 is 11.7 Å². The van der Waals surface area contributed by atoms with Gasteiger partial charge >= 0.3 is 0 Å². The molecule has 1 aromatic carbocycles. The molecule has 1 aromatic heterocycles. The minimum atomic E-state index is -1.25. The van der Waals surface area contributed by atoms with E-state index in [4.69, 9.17) is 0 Å². The molecule has 0 saturated carbocycles. The summed E-state index contributed by atoms with van der Waals surface area (Å²) in [5.74, 6) is 0.906. The van der Waals surface area contributed by atoms with E-state index in [1.54, 1.807) is 0 Å². The van der Waals surface area contributed by atoms with Gasteiger partial charge in [0.05, 0.1) is 0 Å². The molecule has 0 spiro atoms. The molecule has 4 rings (SSSR count). The highest BCUT2D eigenvalue weighted by molar-refractivity contribution is 5.86. The van der Waals surface area contributed by atoms with Crippen LogP contribution in [0.2, 0.25) is 0 Å². The minimum Gasteiger partial charge on any atom is -0.379 e. The predicted octanol–water partition coefficient (Wildman–Crippen LogP) is 2.19. The van der Waals surface area contributed by atoms with E-state index in [-0.39, 0.29) is 5.91 Å². The van der Waals surface area contributed by atoms with Crippen molar-refractivity contribution < 1.29 is 9.90 Å². The number of hydrogen-bond acceptors (Lipinski definition) is 5. The number of benzene rings is 1. The van der Waals surface area contributed by atoms with Gasteiger partial charge in [-0.3, -0.25) is 9.69 Å². The van der Waals surface area contributed by atoms with E-state index >= 15 is 0 Å². The fraction of sp³-hybridized carbons (Fsp3) is 0.500. The first-order valence-corrected chi connectivity index (χ1v) is 11.1. The number of aromatic nitrogens is 1. The second-order valence-corrected chi connectivity index (χ2v) is 8.47. The number of likely N-dealkylation sites (tertiary alicyclic amines) is 1. The van der Waals surface area contributed by atoms with Gasteiger partial charge in [-0.1, -0.05) is 36.4 Å². The molecule has 6 nitrogen and oxygen atoms in total. The van der Waals surface area contributed by atoms with Gasteiger partial charge in [-0.2, -0.15) is 0 Å². The summed E-state index contributed by atoms with van der Waals surface area (Å²) in [6.45, 7) is 5.29. The number of β-amino-alcohol motifs (C(OH)–C–C–N with tert-alkyl or cyclic N) is 1. The Hall–Kier alpha value is -2.44. The van der Waals surface area contributed by atoms with Gasteiger partial charge in [0.1, 0.15) is 5.82 Å². The Morgan fingerprint density at radius 1 is 0.967 bits per heavy atom. The number of nitrogens with zero attached hydrogens (tertiary/aromatic N) is 4. The third kappa shape index (κ3) is 4.99. The lowest BCUT2D eigenvalue weighted by atomic mass is 9.90. The number of aryl methyl sites for hydroxylation is 1. The first-order valence-electron chi connectivity index (χ1n) is 11.1. The van der Waals surface area contributed by atoms with Crippen LogP contribution >= 0.6 is 0 Å². The number of rotatable bonds is 7. The zero-order valence-corrected chi connectivity index (χ0v) is 17.6. The molecule has 160 valence electrons. The first-order chi connectivity index (χ1) is 14.6. The summed E-state index contributed by atoms with van der Waals surface area (Å²) in [6.07, 6.45) is 5.12. The summed E-state index contributed by atoms with van der Waals surface area (Å²) >= 11 is 0. The third-order valence-corrected chi connectivity index (χ3v) is 6.27. The molecule has 6 heteroatoms. The van der Waals surface area contributed by atoms with Gasteiger partial charge in [0.15, 0.2) is 5.60 Å². The molecule has 2 aliphatic rings. The van der Waals surface area contributed by atoms with Gasteiger partial charge in [0.2, 0.25) is 0 Å². The molecule has 1 N–H and O–H groups in total. The highest BCUT2D eigenvalue weighted by atomic mass is 16.3. The molecule has 1 amide bonds. The van der Waals surface area contributed by atoms with Crippen LogP contribution < -0.4 is 4.90 Å². The topological polar surface area (TPSA) is 59.9 Å². The second kappa shape index (κ2) is 9.58. The average Bonchev–Trinajstić information content (AvgIpc) is 2.79. The van der Waals surface area contributed by atoms with Gasteiger partial charge < -0.3 is 14.9 Å². The number of piperazine rings is 1. The molecule has 1 atom stereocenters. The van der Waals surface area contributed by atoms with Crippen LogP contribution in [0.4, 0.5) is 5.82 Å². The Morgan fingerprint density at radius 3 is 2.47 bits per heavy atom. The monoisotopic (exact) mass is 408 g/mol. The Bertz CT molecular complexity index is 808. The molecule has 2 saturated heterocycles. The van der Waals surface area contributed by atoms with E-state index in [2.05, 4.69) is 26.9 Å². The number of amides is 1. The standard InChI is InChI=1S/C24H32N4O2/c29-23-24(30,12-7-15-28(23)14-6-10-21-8-2-1-3-9-21)20-26-16-18-27(19-17-26)22-11-4-5-13-25-22/h1-5,8-9,11,13,30H,6-7,10,12,14-20H2. The first kappa shape index (κ1) is 20.8. The van der Waals surface area contributed by atoms with Crippen LogP contribution in [-0.4, -0.2) is 77.2 Å². The zero-order valence-electron chi connectivity index (χ0n) is 17.6. The highest BCUT2D eigenvalue weighted by Gasteiger charge is 2.43. The predicted molar refractivity (Wildman–Crippen MR) is 118 cm³/mol. The zero-order chi connectivity index (χ0) is 20.8. The maximum Gasteiger partial charge on any atom is 0.255 e. The number of piperidine rings is 1. The lowest BCUT2D eigenvalue weighted by Crippen LogP contribution is -2.60. The number of pyridine rings is 1. The molecule has 0 bridgehead atoms. The van der Waals surface area contributed by atoms with Crippen molar-refractivity contribution in [2.45, 2.75) is 31.3 Å². The smallest absolute Gasteiger partial charge is 0.255 e. The summed E-state index contributed by atoms with van der Waals surface area (Å²) < 4.78 is 0. The maximum absolute atomic E-state index is 13.1. The number of anilines is 1. The molecular weight excluding hydrogens is 376 g/mol. The van der Waals surface area contributed by atoms with Gasteiger partial charge in [-0.25, -0.2) is 4.98 Å². The Morgan fingerprint density at radius 2 is 1.73 bits per heavy atom. The van der Waals surface area contributed by atoms with E-state index in [9.17, 15) is 9.90 Å². The maximum atomic E-state index is 13.1. The van der Waals surface area contributed by atoms with E-state index in [0.717, 1.165) is 57.8 Å². The summed E-state index contributed by atoms with van der Waals surface area (Å²) in [6, 6.07) is 16.3. The quantitative estimate of drug-likeness (QED) is 0.761. The van der Waals surface area contributed by atoms with Crippen LogP contribution in [-0.2, 0) is 11.2 Å².